The number of amides is 1. The molecule has 0 radical (unpaired) electrons. The van der Waals surface area contributed by atoms with E-state index in [4.69, 9.17) is 9.47 Å². The highest BCUT2D eigenvalue weighted by molar-refractivity contribution is 5.89. The van der Waals surface area contributed by atoms with Crippen molar-refractivity contribution in [3.8, 4) is 5.75 Å². The fourth-order valence-electron chi connectivity index (χ4n) is 5.27. The minimum absolute atomic E-state index is 0.287. The largest absolute Gasteiger partial charge is 0.488 e. The van der Waals surface area contributed by atoms with Crippen LogP contribution in [0.15, 0.2) is 24.3 Å². The summed E-state index contributed by atoms with van der Waals surface area (Å²) in [6, 6.07) is 6.80. The van der Waals surface area contributed by atoms with Gasteiger partial charge in [0, 0.05) is 19.5 Å². The Morgan fingerprint density at radius 2 is 1.72 bits per heavy atom. The third kappa shape index (κ3) is 4.58. The predicted octanol–water partition coefficient (Wildman–Crippen LogP) is 3.03. The summed E-state index contributed by atoms with van der Waals surface area (Å²) in [5.74, 6) is 1.85. The smallest absolute Gasteiger partial charge is 0.337 e. The first-order valence-corrected chi connectivity index (χ1v) is 10.8. The normalized spacial score (nSPS) is 29.5. The number of likely N-dealkylation sites (tertiary alicyclic amines) is 1. The number of benzene rings is 1. The van der Waals surface area contributed by atoms with E-state index in [1.54, 1.807) is 24.3 Å². The number of fused-ring (bicyclic) bond motifs is 1. The average Bonchev–Trinajstić information content (AvgIpc) is 3.37. The van der Waals surface area contributed by atoms with E-state index >= 15 is 0 Å². The highest BCUT2D eigenvalue weighted by atomic mass is 16.5. The van der Waals surface area contributed by atoms with Crippen molar-refractivity contribution < 1.29 is 24.2 Å². The Labute approximate surface area is 172 Å². The van der Waals surface area contributed by atoms with Gasteiger partial charge in [-0.25, -0.2) is 4.79 Å². The number of aliphatic hydroxyl groups is 1. The molecule has 4 rings (SSSR count). The molecule has 3 fully saturated rings. The van der Waals surface area contributed by atoms with Crippen molar-refractivity contribution >= 4 is 11.9 Å². The van der Waals surface area contributed by atoms with Gasteiger partial charge >= 0.3 is 5.97 Å². The van der Waals surface area contributed by atoms with Crippen molar-refractivity contribution in [3.63, 3.8) is 0 Å². The molecule has 1 aromatic rings. The Kier molecular flexibility index (Phi) is 6.09. The summed E-state index contributed by atoms with van der Waals surface area (Å²) < 4.78 is 10.8. The van der Waals surface area contributed by atoms with Gasteiger partial charge in [-0.2, -0.15) is 0 Å². The Balaban J connectivity index is 1.33. The number of ether oxygens (including phenoxy) is 2. The average molecular weight is 402 g/mol. The fraction of sp³-hybridized carbons (Fsp3) is 0.652. The zero-order valence-corrected chi connectivity index (χ0v) is 17.1. The monoisotopic (exact) mass is 401 g/mol. The van der Waals surface area contributed by atoms with E-state index in [0.717, 1.165) is 19.5 Å². The van der Waals surface area contributed by atoms with Gasteiger partial charge < -0.3 is 19.5 Å². The second-order valence-electron chi connectivity index (χ2n) is 8.88. The van der Waals surface area contributed by atoms with Gasteiger partial charge in [-0.3, -0.25) is 4.79 Å². The molecule has 4 atom stereocenters. The number of methoxy groups -OCH3 is 1. The van der Waals surface area contributed by atoms with Crippen LogP contribution in [-0.2, 0) is 9.53 Å². The highest BCUT2D eigenvalue weighted by Crippen LogP contribution is 2.39. The van der Waals surface area contributed by atoms with E-state index in [-0.39, 0.29) is 18.0 Å². The van der Waals surface area contributed by atoms with Crippen LogP contribution in [0.3, 0.4) is 0 Å². The first-order valence-electron chi connectivity index (χ1n) is 10.8. The molecule has 1 amide bonds. The zero-order chi connectivity index (χ0) is 20.4. The van der Waals surface area contributed by atoms with Crippen molar-refractivity contribution in [1.82, 2.24) is 4.90 Å². The van der Waals surface area contributed by atoms with Gasteiger partial charge in [0.25, 0.3) is 0 Å². The zero-order valence-electron chi connectivity index (χ0n) is 17.1. The Hall–Kier alpha value is -2.08. The van der Waals surface area contributed by atoms with Crippen LogP contribution in [0.5, 0.6) is 5.75 Å². The van der Waals surface area contributed by atoms with E-state index < -0.39 is 6.10 Å². The highest BCUT2D eigenvalue weighted by Gasteiger charge is 2.44. The molecule has 6 nitrogen and oxygen atoms in total. The molecule has 158 valence electrons. The summed E-state index contributed by atoms with van der Waals surface area (Å²) in [5, 5.41) is 10.6. The van der Waals surface area contributed by atoms with E-state index in [2.05, 4.69) is 0 Å². The second-order valence-corrected chi connectivity index (χ2v) is 8.88. The van der Waals surface area contributed by atoms with E-state index in [1.807, 2.05) is 4.90 Å². The van der Waals surface area contributed by atoms with Crippen molar-refractivity contribution in [2.75, 3.05) is 20.2 Å². The lowest BCUT2D eigenvalue weighted by molar-refractivity contribution is -0.131. The van der Waals surface area contributed by atoms with Crippen molar-refractivity contribution in [2.45, 2.75) is 57.2 Å². The summed E-state index contributed by atoms with van der Waals surface area (Å²) in [6.45, 7) is 1.55. The lowest BCUT2D eigenvalue weighted by atomic mass is 9.78. The molecule has 29 heavy (non-hydrogen) atoms. The minimum Gasteiger partial charge on any atom is -0.488 e. The molecule has 2 aliphatic carbocycles. The third-order valence-corrected chi connectivity index (χ3v) is 6.94. The maximum atomic E-state index is 12.7. The minimum atomic E-state index is -0.540. The van der Waals surface area contributed by atoms with Crippen LogP contribution in [0.4, 0.5) is 0 Å². The number of aliphatic hydroxyl groups excluding tert-OH is 1. The van der Waals surface area contributed by atoms with Gasteiger partial charge in [0.05, 0.1) is 18.8 Å². The topological polar surface area (TPSA) is 76.1 Å². The number of carbonyl (C=O) groups excluding carboxylic acids is 2. The summed E-state index contributed by atoms with van der Waals surface area (Å²) in [6.07, 6.45) is 6.18. The van der Waals surface area contributed by atoms with Gasteiger partial charge in [-0.15, -0.1) is 0 Å². The Morgan fingerprint density at radius 3 is 2.38 bits per heavy atom. The van der Waals surface area contributed by atoms with Crippen molar-refractivity contribution in [2.24, 2.45) is 17.8 Å². The van der Waals surface area contributed by atoms with Gasteiger partial charge in [0.2, 0.25) is 5.91 Å². The summed E-state index contributed by atoms with van der Waals surface area (Å²) in [4.78, 5) is 26.3. The molecule has 1 aliphatic heterocycles. The second kappa shape index (κ2) is 8.74. The maximum absolute atomic E-state index is 12.7. The number of esters is 1. The van der Waals surface area contributed by atoms with Crippen LogP contribution < -0.4 is 4.74 Å². The van der Waals surface area contributed by atoms with Gasteiger partial charge in [-0.1, -0.05) is 12.8 Å². The van der Waals surface area contributed by atoms with Gasteiger partial charge in [-0.05, 0) is 67.7 Å². The van der Waals surface area contributed by atoms with E-state index in [9.17, 15) is 14.7 Å². The number of hydrogen-bond donors (Lipinski definition) is 1. The third-order valence-electron chi connectivity index (χ3n) is 6.94. The first-order chi connectivity index (χ1) is 14.0. The van der Waals surface area contributed by atoms with Crippen LogP contribution in [0.2, 0.25) is 0 Å². The molecule has 2 saturated carbocycles. The molecule has 0 bridgehead atoms. The van der Waals surface area contributed by atoms with Crippen LogP contribution in [0.25, 0.3) is 0 Å². The maximum Gasteiger partial charge on any atom is 0.337 e. The first kappa shape index (κ1) is 20.2. The van der Waals surface area contributed by atoms with Crippen molar-refractivity contribution in [1.29, 1.82) is 0 Å². The fourth-order valence-corrected chi connectivity index (χ4v) is 5.27. The van der Waals surface area contributed by atoms with E-state index in [0.29, 0.717) is 41.9 Å². The molecule has 1 heterocycles. The molecule has 0 spiro atoms. The lowest BCUT2D eigenvalue weighted by Gasteiger charge is -2.35. The van der Waals surface area contributed by atoms with Gasteiger partial charge in [0.15, 0.2) is 0 Å². The summed E-state index contributed by atoms with van der Waals surface area (Å²) in [7, 11) is 1.35. The number of hydrogen-bond acceptors (Lipinski definition) is 5. The molecular weight excluding hydrogens is 370 g/mol. The summed E-state index contributed by atoms with van der Waals surface area (Å²) >= 11 is 0. The SMILES string of the molecule is COC(=O)c1ccc(O[C@@H]2C[C@@H]3CN(C(=O)CC4CCCC4)C[C@@H]3C[C@H]2O)cc1. The molecular formula is C23H31NO5. The Morgan fingerprint density at radius 1 is 1.07 bits per heavy atom. The molecule has 1 saturated heterocycles. The molecule has 1 N–H and O–H groups in total. The van der Waals surface area contributed by atoms with E-state index in [1.165, 1.54) is 32.8 Å². The van der Waals surface area contributed by atoms with Gasteiger partial charge in [0.1, 0.15) is 11.9 Å². The quantitative estimate of drug-likeness (QED) is 0.768. The van der Waals surface area contributed by atoms with Crippen LogP contribution >= 0.6 is 0 Å². The molecule has 3 aliphatic rings. The number of nitrogens with zero attached hydrogens (tertiary/aromatic N) is 1. The predicted molar refractivity (Wildman–Crippen MR) is 108 cm³/mol. The molecule has 1 aromatic carbocycles. The molecule has 0 aromatic heterocycles. The number of rotatable bonds is 5. The molecule has 6 heteroatoms. The standard InChI is InChI=1S/C23H31NO5/c1-28-23(27)16-6-8-19(9-7-16)29-21-12-18-14-24(13-17(18)11-20(21)25)22(26)10-15-4-2-3-5-15/h6-9,15,17-18,20-21,25H,2-5,10-14H2,1H3/t17-,18+,20+,21+/m0/s1. The Bertz CT molecular complexity index is 727. The summed E-state index contributed by atoms with van der Waals surface area (Å²) in [5.41, 5.74) is 0.469. The van der Waals surface area contributed by atoms with Crippen LogP contribution in [0.1, 0.15) is 55.3 Å². The van der Waals surface area contributed by atoms with Crippen molar-refractivity contribution in [3.05, 3.63) is 29.8 Å². The number of carbonyl (C=O) groups is 2. The lowest BCUT2D eigenvalue weighted by Crippen LogP contribution is -2.42. The van der Waals surface area contributed by atoms with Crippen LogP contribution in [-0.4, -0.2) is 54.3 Å². The van der Waals surface area contributed by atoms with Crippen LogP contribution in [0, 0.1) is 17.8 Å². The molecule has 0 unspecified atom stereocenters.